The van der Waals surface area contributed by atoms with Gasteiger partial charge in [-0.25, -0.2) is 0 Å². The van der Waals surface area contributed by atoms with Gasteiger partial charge >= 0.3 is 0 Å². The Morgan fingerprint density at radius 2 is 1.83 bits per heavy atom. The summed E-state index contributed by atoms with van der Waals surface area (Å²) >= 11 is 0. The van der Waals surface area contributed by atoms with E-state index in [1.807, 2.05) is 32.0 Å². The lowest BCUT2D eigenvalue weighted by atomic mass is 9.98. The predicted octanol–water partition coefficient (Wildman–Crippen LogP) is 1.70. The molecule has 5 N–H and O–H groups in total. The first kappa shape index (κ1) is 24.8. The summed E-state index contributed by atoms with van der Waals surface area (Å²) in [5, 5.41) is 5.88. The van der Waals surface area contributed by atoms with Crippen molar-refractivity contribution >= 4 is 11.8 Å². The number of hydrogen-bond acceptors (Lipinski definition) is 4. The average Bonchev–Trinajstić information content (AvgIpc) is 2.74. The molecule has 0 unspecified atom stereocenters. The highest BCUT2D eigenvalue weighted by atomic mass is 16.5. The number of carbonyl (C=O) groups is 2. The molecule has 0 aliphatic carbocycles. The highest BCUT2D eigenvalue weighted by molar-refractivity contribution is 5.87. The number of benzene rings is 1. The molecule has 2 atom stereocenters. The third kappa shape index (κ3) is 8.73. The van der Waals surface area contributed by atoms with Crippen molar-refractivity contribution in [1.29, 1.82) is 0 Å². The van der Waals surface area contributed by atoms with Gasteiger partial charge in [0.1, 0.15) is 6.04 Å². The van der Waals surface area contributed by atoms with Crippen LogP contribution in [0.4, 0.5) is 0 Å². The van der Waals surface area contributed by atoms with Crippen molar-refractivity contribution < 1.29 is 24.8 Å². The van der Waals surface area contributed by atoms with E-state index < -0.39 is 6.04 Å². The second-order valence-corrected chi connectivity index (χ2v) is 7.33. The van der Waals surface area contributed by atoms with Gasteiger partial charge in [0, 0.05) is 13.0 Å². The molecule has 0 radical (unpaired) electrons. The lowest BCUT2D eigenvalue weighted by molar-refractivity contribution is -0.368. The van der Waals surface area contributed by atoms with Gasteiger partial charge in [-0.2, -0.15) is 0 Å². The third-order valence-corrected chi connectivity index (χ3v) is 5.13. The number of amides is 2. The van der Waals surface area contributed by atoms with Gasteiger partial charge in [-0.05, 0) is 49.3 Å². The van der Waals surface area contributed by atoms with E-state index in [2.05, 4.69) is 16.4 Å². The fraction of sp³-hybridized carbons (Fsp3) is 0.636. The normalized spacial score (nSPS) is 12.7. The maximum atomic E-state index is 12.7. The van der Waals surface area contributed by atoms with Gasteiger partial charge in [0.05, 0.1) is 20.8 Å². The van der Waals surface area contributed by atoms with Gasteiger partial charge < -0.3 is 25.8 Å². The van der Waals surface area contributed by atoms with Crippen LogP contribution in [0.3, 0.4) is 0 Å². The zero-order valence-electron chi connectivity index (χ0n) is 18.4. The van der Waals surface area contributed by atoms with E-state index in [-0.39, 0.29) is 17.7 Å². The molecule has 1 aromatic carbocycles. The summed E-state index contributed by atoms with van der Waals surface area (Å²) in [5.41, 5.74) is 4.85. The molecule has 0 aliphatic heterocycles. The van der Waals surface area contributed by atoms with Crippen LogP contribution < -0.4 is 25.8 Å². The lowest BCUT2D eigenvalue weighted by Gasteiger charge is -2.23. The summed E-state index contributed by atoms with van der Waals surface area (Å²) < 4.78 is 10.6. The number of unbranched alkanes of at least 4 members (excludes halogenated alkanes) is 2. The molecule has 164 valence electrons. The quantitative estimate of drug-likeness (QED) is 0.408. The van der Waals surface area contributed by atoms with Gasteiger partial charge in [0.25, 0.3) is 0 Å². The number of methoxy groups -OCH3 is 2. The van der Waals surface area contributed by atoms with E-state index in [9.17, 15) is 9.59 Å². The Kier molecular flexibility index (Phi) is 11.8. The molecular weight excluding hydrogens is 370 g/mol. The van der Waals surface area contributed by atoms with Crippen molar-refractivity contribution in [1.82, 2.24) is 10.6 Å². The topological polar surface area (TPSA) is 104 Å². The largest absolute Gasteiger partial charge is 0.493 e. The Labute approximate surface area is 174 Å². The molecule has 0 aromatic heterocycles. The average molecular weight is 409 g/mol. The number of carbonyl (C=O) groups excluding carboxylic acids is 2. The van der Waals surface area contributed by atoms with Crippen LogP contribution >= 0.6 is 0 Å². The second kappa shape index (κ2) is 13.8. The molecule has 0 aliphatic rings. The Balaban J connectivity index is 2.57. The minimum Gasteiger partial charge on any atom is -0.493 e. The molecule has 7 nitrogen and oxygen atoms in total. The fourth-order valence-corrected chi connectivity index (χ4v) is 3.06. The third-order valence-electron chi connectivity index (χ3n) is 5.13. The predicted molar refractivity (Wildman–Crippen MR) is 114 cm³/mol. The zero-order valence-corrected chi connectivity index (χ0v) is 18.4. The van der Waals surface area contributed by atoms with Crippen molar-refractivity contribution in [3.8, 4) is 11.5 Å². The van der Waals surface area contributed by atoms with E-state index in [0.717, 1.165) is 37.8 Å². The van der Waals surface area contributed by atoms with E-state index in [1.165, 1.54) is 0 Å². The van der Waals surface area contributed by atoms with Gasteiger partial charge in [-0.1, -0.05) is 26.3 Å². The lowest BCUT2D eigenvalue weighted by Crippen LogP contribution is -2.50. The monoisotopic (exact) mass is 408 g/mol. The summed E-state index contributed by atoms with van der Waals surface area (Å²) in [7, 11) is 3.20. The first-order valence-corrected chi connectivity index (χ1v) is 10.5. The van der Waals surface area contributed by atoms with Crippen molar-refractivity contribution in [2.75, 3.05) is 27.3 Å². The Bertz CT molecular complexity index is 636. The number of nitrogens with one attached hydrogen (secondary N) is 2. The number of hydrogen-bond donors (Lipinski definition) is 3. The van der Waals surface area contributed by atoms with E-state index in [1.54, 1.807) is 14.2 Å². The molecule has 7 heteroatoms. The molecule has 0 spiro atoms. The van der Waals surface area contributed by atoms with E-state index in [4.69, 9.17) is 9.47 Å². The Morgan fingerprint density at radius 3 is 2.45 bits per heavy atom. The summed E-state index contributed by atoms with van der Waals surface area (Å²) in [6.07, 6.45) is 4.77. The van der Waals surface area contributed by atoms with Crippen LogP contribution in [0.2, 0.25) is 0 Å². The summed E-state index contributed by atoms with van der Waals surface area (Å²) in [4.78, 5) is 24.9. The first-order chi connectivity index (χ1) is 14.0. The summed E-state index contributed by atoms with van der Waals surface area (Å²) in [6, 6.07) is 5.20. The smallest absolute Gasteiger partial charge is 0.242 e. The van der Waals surface area contributed by atoms with Gasteiger partial charge in [-0.15, -0.1) is 0 Å². The highest BCUT2D eigenvalue weighted by Gasteiger charge is 2.25. The standard InChI is InChI=1S/C22H37N3O4/c1-5-16(2)21(25-20(26)9-7-6-8-13-23)22(27)24-14-12-17-10-11-18(28-3)19(15-17)29-4/h10-11,15-16,21H,5-9,12-14,23H2,1-4H3,(H,24,27)(H,25,26)/p+1/t16-,21-/m1/s1. The molecule has 29 heavy (non-hydrogen) atoms. The summed E-state index contributed by atoms with van der Waals surface area (Å²) in [5.74, 6) is 1.22. The van der Waals surface area contributed by atoms with E-state index in [0.29, 0.717) is 30.9 Å². The van der Waals surface area contributed by atoms with Crippen molar-refractivity contribution in [2.24, 2.45) is 5.92 Å². The maximum Gasteiger partial charge on any atom is 0.242 e. The zero-order chi connectivity index (χ0) is 21.6. The van der Waals surface area contributed by atoms with Crippen LogP contribution in [-0.2, 0) is 16.0 Å². The Morgan fingerprint density at radius 1 is 1.10 bits per heavy atom. The summed E-state index contributed by atoms with van der Waals surface area (Å²) in [6.45, 7) is 5.39. The van der Waals surface area contributed by atoms with Crippen molar-refractivity contribution in [3.63, 3.8) is 0 Å². The van der Waals surface area contributed by atoms with Crippen LogP contribution in [0, 0.1) is 5.92 Å². The molecule has 0 fully saturated rings. The molecular formula is C22H38N3O4+. The van der Waals surface area contributed by atoms with Crippen molar-refractivity contribution in [3.05, 3.63) is 23.8 Å². The minimum atomic E-state index is -0.509. The highest BCUT2D eigenvalue weighted by Crippen LogP contribution is 2.27. The molecule has 2 amide bonds. The second-order valence-electron chi connectivity index (χ2n) is 7.33. The molecule has 0 saturated carbocycles. The molecule has 1 rings (SSSR count). The van der Waals surface area contributed by atoms with Crippen LogP contribution in [0.25, 0.3) is 0 Å². The number of quaternary nitrogens is 1. The van der Waals surface area contributed by atoms with Crippen LogP contribution in [0.15, 0.2) is 18.2 Å². The molecule has 0 heterocycles. The van der Waals surface area contributed by atoms with Crippen LogP contribution in [0.5, 0.6) is 11.5 Å². The first-order valence-electron chi connectivity index (χ1n) is 10.5. The SMILES string of the molecule is CC[C@@H](C)[C@@H](NC(=O)CCCCC[NH3+])C(=O)NCCc1ccc(OC)c(OC)c1. The molecule has 0 saturated heterocycles. The number of ether oxygens (including phenoxy) is 2. The van der Waals surface area contributed by atoms with Crippen LogP contribution in [-0.4, -0.2) is 45.2 Å². The molecule has 1 aromatic rings. The van der Waals surface area contributed by atoms with Crippen LogP contribution in [0.1, 0.15) is 51.5 Å². The fourth-order valence-electron chi connectivity index (χ4n) is 3.06. The maximum absolute atomic E-state index is 12.7. The van der Waals surface area contributed by atoms with Gasteiger partial charge in [0.15, 0.2) is 11.5 Å². The molecule has 0 bridgehead atoms. The van der Waals surface area contributed by atoms with E-state index >= 15 is 0 Å². The Hall–Kier alpha value is -2.28. The van der Waals surface area contributed by atoms with Gasteiger partial charge in [0.2, 0.25) is 11.8 Å². The van der Waals surface area contributed by atoms with Crippen molar-refractivity contribution in [2.45, 2.75) is 58.4 Å². The number of rotatable bonds is 14. The minimum absolute atomic E-state index is 0.0607. The van der Waals surface area contributed by atoms with Gasteiger partial charge in [-0.3, -0.25) is 9.59 Å².